The first kappa shape index (κ1) is 20.3. The van der Waals surface area contributed by atoms with Crippen LogP contribution in [-0.2, 0) is 4.79 Å². The zero-order valence-electron chi connectivity index (χ0n) is 19.0. The molecule has 29 heavy (non-hydrogen) atoms. The van der Waals surface area contributed by atoms with E-state index in [1.165, 1.54) is 51.4 Å². The van der Waals surface area contributed by atoms with Crippen molar-refractivity contribution in [3.05, 3.63) is 0 Å². The molecule has 164 valence electrons. The van der Waals surface area contributed by atoms with E-state index in [4.69, 9.17) is 0 Å². The third kappa shape index (κ3) is 3.38. The first-order valence-electron chi connectivity index (χ1n) is 12.8. The lowest BCUT2D eigenvalue weighted by atomic mass is 9.49. The van der Waals surface area contributed by atoms with Gasteiger partial charge in [-0.2, -0.15) is 0 Å². The molecule has 5 rings (SSSR count). The molecule has 5 aliphatic rings. The summed E-state index contributed by atoms with van der Waals surface area (Å²) < 4.78 is 0. The number of aliphatic hydroxyl groups is 1. The van der Waals surface area contributed by atoms with Gasteiger partial charge in [0.15, 0.2) is 0 Å². The van der Waals surface area contributed by atoms with E-state index in [9.17, 15) is 9.90 Å². The Bertz CT molecular complexity index is 645. The number of fused-ring (bicyclic) bond motifs is 5. The molecular weight excluding hydrogens is 358 g/mol. The van der Waals surface area contributed by atoms with Gasteiger partial charge in [-0.25, -0.2) is 0 Å². The van der Waals surface area contributed by atoms with Crippen LogP contribution in [-0.4, -0.2) is 34.1 Å². The molecule has 1 unspecified atom stereocenters. The average molecular weight is 402 g/mol. The molecule has 0 spiro atoms. The van der Waals surface area contributed by atoms with Gasteiger partial charge in [-0.15, -0.1) is 0 Å². The van der Waals surface area contributed by atoms with Crippen LogP contribution in [0.15, 0.2) is 0 Å². The predicted octanol–water partition coefficient (Wildman–Crippen LogP) is 5.41. The van der Waals surface area contributed by atoms with E-state index in [2.05, 4.69) is 25.7 Å². The summed E-state index contributed by atoms with van der Waals surface area (Å²) >= 11 is 0. The monoisotopic (exact) mass is 401 g/mol. The summed E-state index contributed by atoms with van der Waals surface area (Å²) in [6.07, 6.45) is 14.6. The van der Waals surface area contributed by atoms with Crippen molar-refractivity contribution in [2.75, 3.05) is 6.54 Å². The van der Waals surface area contributed by atoms with Gasteiger partial charge in [-0.05, 0) is 125 Å². The molecule has 0 aromatic rings. The van der Waals surface area contributed by atoms with Crippen molar-refractivity contribution in [2.45, 2.75) is 109 Å². The molecule has 1 saturated heterocycles. The molecule has 1 amide bonds. The Kier molecular flexibility index (Phi) is 5.08. The molecule has 0 aromatic carbocycles. The summed E-state index contributed by atoms with van der Waals surface area (Å²) in [4.78, 5) is 14.9. The van der Waals surface area contributed by atoms with Gasteiger partial charge in [0.05, 0.1) is 5.60 Å². The van der Waals surface area contributed by atoms with Crippen LogP contribution in [0, 0.1) is 40.9 Å². The lowest BCUT2D eigenvalue weighted by Gasteiger charge is -2.57. The van der Waals surface area contributed by atoms with Crippen molar-refractivity contribution in [1.29, 1.82) is 0 Å². The topological polar surface area (TPSA) is 40.5 Å². The summed E-state index contributed by atoms with van der Waals surface area (Å²) in [7, 11) is 0. The molecule has 0 radical (unpaired) electrons. The van der Waals surface area contributed by atoms with Crippen molar-refractivity contribution in [1.82, 2.24) is 4.90 Å². The summed E-state index contributed by atoms with van der Waals surface area (Å²) in [5.74, 6) is 5.48. The number of carbonyl (C=O) groups excluding carboxylic acids is 1. The highest BCUT2D eigenvalue weighted by Crippen LogP contribution is 2.64. The second-order valence-electron chi connectivity index (χ2n) is 12.3. The van der Waals surface area contributed by atoms with Crippen LogP contribution in [0.4, 0.5) is 0 Å². The molecule has 0 aromatic heterocycles. The first-order chi connectivity index (χ1) is 13.8. The molecule has 5 fully saturated rings. The fourth-order valence-electron chi connectivity index (χ4n) is 9.10. The van der Waals surface area contributed by atoms with Gasteiger partial charge in [-0.1, -0.05) is 6.92 Å². The van der Waals surface area contributed by atoms with Gasteiger partial charge < -0.3 is 10.0 Å². The van der Waals surface area contributed by atoms with Crippen LogP contribution in [0.5, 0.6) is 0 Å². The molecule has 3 heteroatoms. The minimum absolute atomic E-state index is 0.409. The van der Waals surface area contributed by atoms with Crippen molar-refractivity contribution in [3.63, 3.8) is 0 Å². The van der Waals surface area contributed by atoms with Gasteiger partial charge in [-0.3, -0.25) is 4.79 Å². The minimum atomic E-state index is -0.409. The molecule has 4 saturated carbocycles. The Labute approximate surface area is 178 Å². The standard InChI is InChI=1S/C26H43NO2/c1-17-5-4-6-24(28)27(17)16-19-8-10-23-22-9-7-18-15-25(2,29)13-11-20(18)21(22)12-14-26(19,23)3/h17-23,29H,4-16H2,1-3H3/t17?,18-,19-,20+,21-,22-,23+,25-,26-/m1/s1. The Hall–Kier alpha value is -0.570. The van der Waals surface area contributed by atoms with Crippen LogP contribution < -0.4 is 0 Å². The molecular formula is C26H43NO2. The normalized spacial score (nSPS) is 52.6. The summed E-state index contributed by atoms with van der Waals surface area (Å²) in [5.41, 5.74) is 0.0406. The van der Waals surface area contributed by atoms with E-state index in [0.717, 1.165) is 61.8 Å². The first-order valence-corrected chi connectivity index (χ1v) is 12.8. The average Bonchev–Trinajstić information content (AvgIpc) is 3.00. The third-order valence-corrected chi connectivity index (χ3v) is 10.7. The largest absolute Gasteiger partial charge is 0.390 e. The number of hydrogen-bond donors (Lipinski definition) is 1. The Balaban J connectivity index is 1.30. The Morgan fingerprint density at radius 3 is 2.55 bits per heavy atom. The van der Waals surface area contributed by atoms with E-state index < -0.39 is 5.60 Å². The lowest BCUT2D eigenvalue weighted by Crippen LogP contribution is -2.52. The summed E-state index contributed by atoms with van der Waals surface area (Å²) in [5, 5.41) is 10.6. The maximum atomic E-state index is 12.6. The van der Waals surface area contributed by atoms with Crippen molar-refractivity contribution in [2.24, 2.45) is 40.9 Å². The smallest absolute Gasteiger partial charge is 0.222 e. The number of hydrogen-bond acceptors (Lipinski definition) is 2. The number of likely N-dealkylation sites (tertiary alicyclic amines) is 1. The van der Waals surface area contributed by atoms with Crippen LogP contribution >= 0.6 is 0 Å². The maximum absolute atomic E-state index is 12.6. The van der Waals surface area contributed by atoms with Gasteiger partial charge in [0, 0.05) is 19.0 Å². The second-order valence-corrected chi connectivity index (χ2v) is 12.3. The molecule has 1 aliphatic heterocycles. The van der Waals surface area contributed by atoms with E-state index in [0.29, 0.717) is 23.3 Å². The molecule has 3 nitrogen and oxygen atoms in total. The molecule has 4 aliphatic carbocycles. The quantitative estimate of drug-likeness (QED) is 0.672. The Morgan fingerprint density at radius 1 is 0.966 bits per heavy atom. The third-order valence-electron chi connectivity index (χ3n) is 10.7. The van der Waals surface area contributed by atoms with Crippen LogP contribution in [0.1, 0.15) is 97.8 Å². The van der Waals surface area contributed by atoms with Gasteiger partial charge in [0.1, 0.15) is 0 Å². The number of rotatable bonds is 2. The van der Waals surface area contributed by atoms with Crippen molar-refractivity contribution < 1.29 is 9.90 Å². The second kappa shape index (κ2) is 7.24. The fraction of sp³-hybridized carbons (Fsp3) is 0.962. The van der Waals surface area contributed by atoms with Crippen molar-refractivity contribution >= 4 is 5.91 Å². The van der Waals surface area contributed by atoms with E-state index >= 15 is 0 Å². The lowest BCUT2D eigenvalue weighted by molar-refractivity contribution is -0.138. The summed E-state index contributed by atoms with van der Waals surface area (Å²) in [6.45, 7) is 7.96. The Morgan fingerprint density at radius 2 is 1.76 bits per heavy atom. The number of carbonyl (C=O) groups is 1. The van der Waals surface area contributed by atoms with Gasteiger partial charge >= 0.3 is 0 Å². The molecule has 1 heterocycles. The predicted molar refractivity (Wildman–Crippen MR) is 116 cm³/mol. The highest BCUT2D eigenvalue weighted by atomic mass is 16.3. The van der Waals surface area contributed by atoms with E-state index in [1.54, 1.807) is 0 Å². The minimum Gasteiger partial charge on any atom is -0.390 e. The highest BCUT2D eigenvalue weighted by molar-refractivity contribution is 5.77. The van der Waals surface area contributed by atoms with Crippen LogP contribution in [0.2, 0.25) is 0 Å². The van der Waals surface area contributed by atoms with Crippen LogP contribution in [0.25, 0.3) is 0 Å². The number of piperidine rings is 1. The van der Waals surface area contributed by atoms with Crippen LogP contribution in [0.3, 0.4) is 0 Å². The molecule has 9 atom stereocenters. The highest BCUT2D eigenvalue weighted by Gasteiger charge is 2.57. The van der Waals surface area contributed by atoms with E-state index in [1.807, 2.05) is 0 Å². The number of amides is 1. The number of nitrogens with zero attached hydrogens (tertiary/aromatic N) is 1. The van der Waals surface area contributed by atoms with Gasteiger partial charge in [0.2, 0.25) is 5.91 Å². The van der Waals surface area contributed by atoms with Crippen molar-refractivity contribution in [3.8, 4) is 0 Å². The zero-order valence-corrected chi connectivity index (χ0v) is 19.0. The molecule has 0 bridgehead atoms. The fourth-order valence-corrected chi connectivity index (χ4v) is 9.10. The van der Waals surface area contributed by atoms with E-state index in [-0.39, 0.29) is 0 Å². The summed E-state index contributed by atoms with van der Waals surface area (Å²) in [6, 6.07) is 0.445. The zero-order chi connectivity index (χ0) is 20.4. The molecule has 1 N–H and O–H groups in total. The maximum Gasteiger partial charge on any atom is 0.222 e. The SMILES string of the molecule is CC1CCCC(=O)N1C[C@H]1CC[C@H]2[C@@H]3CC[C@@H]4C[C@](C)(O)CC[C@@H]4[C@H]3CC[C@]12C. The van der Waals surface area contributed by atoms with Gasteiger partial charge in [0.25, 0.3) is 0 Å².